The second-order valence-electron chi connectivity index (χ2n) is 12.3. The van der Waals surface area contributed by atoms with Crippen LogP contribution in [-0.2, 0) is 19.2 Å². The van der Waals surface area contributed by atoms with E-state index in [1.54, 1.807) is 13.8 Å². The molecule has 2 unspecified atom stereocenters. The van der Waals surface area contributed by atoms with E-state index in [0.717, 1.165) is 0 Å². The molecule has 186 valence electrons. The number of ketones is 3. The minimum atomic E-state index is -0.729. The van der Waals surface area contributed by atoms with E-state index in [1.807, 2.05) is 62.3 Å². The first-order chi connectivity index (χ1) is 14.1. The summed E-state index contributed by atoms with van der Waals surface area (Å²) in [5.74, 6) is -0.282. The van der Waals surface area contributed by atoms with Crippen LogP contribution in [0.1, 0.15) is 102 Å². The monoisotopic (exact) mass is 564 g/mol. The van der Waals surface area contributed by atoms with Crippen LogP contribution in [0.2, 0.25) is 0 Å². The Balaban J connectivity index is 5.35. The van der Waals surface area contributed by atoms with Gasteiger partial charge in [-0.2, -0.15) is 0 Å². The van der Waals surface area contributed by atoms with Crippen LogP contribution < -0.4 is 10.6 Å². The number of Topliss-reactive ketones (excluding diaryl/α,β-unsaturated/α-hetero) is 3. The van der Waals surface area contributed by atoms with E-state index in [1.165, 1.54) is 0 Å². The van der Waals surface area contributed by atoms with Crippen molar-refractivity contribution in [2.24, 2.45) is 10.8 Å². The van der Waals surface area contributed by atoms with Crippen LogP contribution in [0.3, 0.4) is 0 Å². The molecule has 0 saturated carbocycles. The quantitative estimate of drug-likeness (QED) is 0.278. The molecule has 0 aromatic heterocycles. The third-order valence-electron chi connectivity index (χ3n) is 5.06. The van der Waals surface area contributed by atoms with Crippen molar-refractivity contribution in [1.29, 1.82) is 0 Å². The second-order valence-corrected chi connectivity index (χ2v) is 15.0. The number of hydrogen-bond acceptors (Lipinski definition) is 5. The molecule has 0 radical (unpaired) electrons. The van der Waals surface area contributed by atoms with E-state index in [2.05, 4.69) is 33.2 Å². The smallest absolute Gasteiger partial charge is 0.220 e. The van der Waals surface area contributed by atoms with Crippen molar-refractivity contribution < 1.29 is 19.2 Å². The number of carbonyl (C=O) groups excluding carboxylic acids is 4. The summed E-state index contributed by atoms with van der Waals surface area (Å²) in [6, 6.07) is -1.19. The Morgan fingerprint density at radius 3 is 1.53 bits per heavy atom. The molecule has 7 heteroatoms. The average molecular weight is 565 g/mol. The highest BCUT2D eigenvalue weighted by molar-refractivity contribution is 14.1. The first kappa shape index (κ1) is 31.2. The van der Waals surface area contributed by atoms with Gasteiger partial charge in [-0.15, -0.1) is 0 Å². The fourth-order valence-electron chi connectivity index (χ4n) is 3.19. The number of alkyl halides is 1. The molecule has 1 amide bonds. The van der Waals surface area contributed by atoms with E-state index >= 15 is 0 Å². The highest BCUT2D eigenvalue weighted by Crippen LogP contribution is 2.24. The van der Waals surface area contributed by atoms with Crippen LogP contribution in [-0.4, -0.2) is 44.3 Å². The van der Waals surface area contributed by atoms with Crippen molar-refractivity contribution in [3.63, 3.8) is 0 Å². The van der Waals surface area contributed by atoms with E-state index in [4.69, 9.17) is 0 Å². The fraction of sp³-hybridized carbons (Fsp3) is 0.840. The third kappa shape index (κ3) is 11.9. The Morgan fingerprint density at radius 2 is 1.16 bits per heavy atom. The van der Waals surface area contributed by atoms with Gasteiger partial charge in [-0.25, -0.2) is 0 Å². The first-order valence-electron chi connectivity index (χ1n) is 11.4. The molecule has 0 heterocycles. The zero-order valence-corrected chi connectivity index (χ0v) is 24.2. The number of carbonyl (C=O) groups is 4. The Morgan fingerprint density at radius 1 is 0.688 bits per heavy atom. The molecule has 0 aromatic rings. The molecule has 6 nitrogen and oxygen atoms in total. The van der Waals surface area contributed by atoms with Gasteiger partial charge in [-0.1, -0.05) is 64.1 Å². The summed E-state index contributed by atoms with van der Waals surface area (Å²) in [6.07, 6.45) is 0.963. The molecule has 0 aliphatic rings. The van der Waals surface area contributed by atoms with Crippen LogP contribution in [0.5, 0.6) is 0 Å². The summed E-state index contributed by atoms with van der Waals surface area (Å²) in [4.78, 5) is 51.0. The Labute approximate surface area is 209 Å². The predicted molar refractivity (Wildman–Crippen MR) is 139 cm³/mol. The number of hydrogen-bond donors (Lipinski definition) is 2. The average Bonchev–Trinajstić information content (AvgIpc) is 2.57. The lowest BCUT2D eigenvalue weighted by Crippen LogP contribution is -2.51. The summed E-state index contributed by atoms with van der Waals surface area (Å²) >= 11 is 2.06. The van der Waals surface area contributed by atoms with E-state index in [0.29, 0.717) is 6.42 Å². The molecule has 0 aromatic carbocycles. The van der Waals surface area contributed by atoms with Crippen molar-refractivity contribution in [3.8, 4) is 0 Å². The van der Waals surface area contributed by atoms with Gasteiger partial charge in [0, 0.05) is 29.2 Å². The van der Waals surface area contributed by atoms with Gasteiger partial charge in [0.2, 0.25) is 5.91 Å². The minimum Gasteiger partial charge on any atom is -0.346 e. The minimum absolute atomic E-state index is 0.0528. The summed E-state index contributed by atoms with van der Waals surface area (Å²) in [5.41, 5.74) is -1.30. The molecule has 0 fully saturated rings. The molecular weight excluding hydrogens is 519 g/mol. The molecule has 0 aliphatic carbocycles. The van der Waals surface area contributed by atoms with E-state index in [-0.39, 0.29) is 48.1 Å². The predicted octanol–water partition coefficient (Wildman–Crippen LogP) is 4.80. The van der Waals surface area contributed by atoms with Crippen LogP contribution in [0, 0.1) is 10.8 Å². The second kappa shape index (κ2) is 11.5. The van der Waals surface area contributed by atoms with E-state index < -0.39 is 26.3 Å². The van der Waals surface area contributed by atoms with Crippen LogP contribution >= 0.6 is 22.6 Å². The molecular formula is C25H45IN2O4. The van der Waals surface area contributed by atoms with Gasteiger partial charge in [-0.05, 0) is 47.5 Å². The van der Waals surface area contributed by atoms with Crippen molar-refractivity contribution in [2.45, 2.75) is 123 Å². The summed E-state index contributed by atoms with van der Waals surface area (Å²) in [7, 11) is 0. The van der Waals surface area contributed by atoms with Gasteiger partial charge in [0.05, 0.1) is 15.5 Å². The maximum absolute atomic E-state index is 12.9. The van der Waals surface area contributed by atoms with Crippen LogP contribution in [0.15, 0.2) is 0 Å². The topological polar surface area (TPSA) is 92.3 Å². The lowest BCUT2D eigenvalue weighted by atomic mass is 9.84. The molecule has 32 heavy (non-hydrogen) atoms. The maximum Gasteiger partial charge on any atom is 0.220 e. The third-order valence-corrected chi connectivity index (χ3v) is 5.59. The van der Waals surface area contributed by atoms with Gasteiger partial charge in [0.15, 0.2) is 11.6 Å². The van der Waals surface area contributed by atoms with Crippen molar-refractivity contribution >= 4 is 45.8 Å². The number of halogens is 1. The SMILES string of the molecule is CC(C)(C)NC(CCC(=O)NC(CCC(=O)C(C)(C)C)C(=O)C(C)(C)I)C(=O)C(C)(C)C. The number of amides is 1. The molecule has 0 rings (SSSR count). The van der Waals surface area contributed by atoms with Crippen molar-refractivity contribution in [2.75, 3.05) is 0 Å². The lowest BCUT2D eigenvalue weighted by Gasteiger charge is -2.32. The molecule has 0 spiro atoms. The molecule has 2 N–H and O–H groups in total. The van der Waals surface area contributed by atoms with Gasteiger partial charge in [-0.3, -0.25) is 19.2 Å². The number of rotatable bonds is 11. The van der Waals surface area contributed by atoms with Gasteiger partial charge < -0.3 is 10.6 Å². The number of nitrogens with one attached hydrogen (secondary N) is 2. The Bertz CT molecular complexity index is 689. The fourth-order valence-corrected chi connectivity index (χ4v) is 3.57. The van der Waals surface area contributed by atoms with Gasteiger partial charge in [0.1, 0.15) is 5.78 Å². The summed E-state index contributed by atoms with van der Waals surface area (Å²) in [5, 5.41) is 6.17. The van der Waals surface area contributed by atoms with Gasteiger partial charge >= 0.3 is 0 Å². The molecule has 0 bridgehead atoms. The highest BCUT2D eigenvalue weighted by Gasteiger charge is 2.35. The van der Waals surface area contributed by atoms with Crippen LogP contribution in [0.25, 0.3) is 0 Å². The normalized spacial score (nSPS) is 15.1. The molecule has 2 atom stereocenters. The zero-order valence-electron chi connectivity index (χ0n) is 22.0. The van der Waals surface area contributed by atoms with Gasteiger partial charge in [0.25, 0.3) is 0 Å². The molecule has 0 aliphatic heterocycles. The first-order valence-corrected chi connectivity index (χ1v) is 12.5. The highest BCUT2D eigenvalue weighted by atomic mass is 127. The summed E-state index contributed by atoms with van der Waals surface area (Å²) in [6.45, 7) is 20.7. The van der Waals surface area contributed by atoms with E-state index in [9.17, 15) is 19.2 Å². The summed E-state index contributed by atoms with van der Waals surface area (Å²) < 4.78 is -0.668. The zero-order chi connectivity index (χ0) is 25.7. The van der Waals surface area contributed by atoms with Crippen molar-refractivity contribution in [3.05, 3.63) is 0 Å². The largest absolute Gasteiger partial charge is 0.346 e. The maximum atomic E-state index is 12.9. The Hall–Kier alpha value is -0.830. The van der Waals surface area contributed by atoms with Crippen LogP contribution in [0.4, 0.5) is 0 Å². The standard InChI is InChI=1S/C25H45IN2O4/c1-22(2,3)18(29)14-12-16(21(32)25(10,11)26)27-19(30)15-13-17(28-24(7,8)9)20(31)23(4,5)6/h16-17,28H,12-15H2,1-11H3,(H,27,30). The Kier molecular flexibility index (Phi) is 11.2. The van der Waals surface area contributed by atoms with Crippen molar-refractivity contribution in [1.82, 2.24) is 10.6 Å². The lowest BCUT2D eigenvalue weighted by molar-refractivity contribution is -0.131. The molecule has 0 saturated heterocycles.